The summed E-state index contributed by atoms with van der Waals surface area (Å²) in [5, 5.41) is 9.02. The van der Waals surface area contributed by atoms with Crippen molar-refractivity contribution in [3.8, 4) is 11.8 Å². The molecule has 0 bridgehead atoms. The standard InChI is InChI=1S/C19H20N2O2/c20-12-16-5-4-6-17(11-16)13-21-9-10-22-15-19(14-21)23-18-7-2-1-3-8-18/h1-8,11,19H,9-10,13-15H2/t19-/m1/s1. The molecule has 0 radical (unpaired) electrons. The summed E-state index contributed by atoms with van der Waals surface area (Å²) in [7, 11) is 0. The first-order chi connectivity index (χ1) is 11.3. The highest BCUT2D eigenvalue weighted by molar-refractivity contribution is 5.32. The molecule has 1 heterocycles. The summed E-state index contributed by atoms with van der Waals surface area (Å²) in [5.41, 5.74) is 1.84. The Morgan fingerprint density at radius 1 is 1.17 bits per heavy atom. The van der Waals surface area contributed by atoms with Crippen molar-refractivity contribution in [3.63, 3.8) is 0 Å². The second-order valence-electron chi connectivity index (χ2n) is 5.68. The minimum atomic E-state index is 0.0130. The van der Waals surface area contributed by atoms with Gasteiger partial charge in [0.2, 0.25) is 0 Å². The SMILES string of the molecule is N#Cc1cccc(CN2CCOC[C@H](Oc3ccccc3)C2)c1. The highest BCUT2D eigenvalue weighted by Crippen LogP contribution is 2.15. The lowest BCUT2D eigenvalue weighted by molar-refractivity contribution is 0.0710. The van der Waals surface area contributed by atoms with E-state index in [-0.39, 0.29) is 6.10 Å². The number of hydrogen-bond acceptors (Lipinski definition) is 4. The molecule has 4 heteroatoms. The summed E-state index contributed by atoms with van der Waals surface area (Å²) in [4.78, 5) is 2.32. The maximum atomic E-state index is 9.02. The molecular formula is C19H20N2O2. The van der Waals surface area contributed by atoms with Crippen molar-refractivity contribution in [1.29, 1.82) is 5.26 Å². The predicted octanol–water partition coefficient (Wildman–Crippen LogP) is 2.84. The van der Waals surface area contributed by atoms with Crippen LogP contribution in [-0.4, -0.2) is 37.3 Å². The normalized spacial score (nSPS) is 18.8. The third kappa shape index (κ3) is 4.56. The van der Waals surface area contributed by atoms with Gasteiger partial charge in [0.1, 0.15) is 11.9 Å². The van der Waals surface area contributed by atoms with Gasteiger partial charge in [0.15, 0.2) is 0 Å². The van der Waals surface area contributed by atoms with E-state index in [0.29, 0.717) is 18.8 Å². The van der Waals surface area contributed by atoms with Crippen molar-refractivity contribution in [2.75, 3.05) is 26.3 Å². The third-order valence-electron chi connectivity index (χ3n) is 3.83. The number of benzene rings is 2. The van der Waals surface area contributed by atoms with Gasteiger partial charge in [-0.25, -0.2) is 0 Å². The van der Waals surface area contributed by atoms with E-state index < -0.39 is 0 Å². The monoisotopic (exact) mass is 308 g/mol. The Labute approximate surface area is 136 Å². The Morgan fingerprint density at radius 3 is 2.87 bits per heavy atom. The first-order valence-electron chi connectivity index (χ1n) is 7.84. The molecule has 0 aromatic heterocycles. The number of ether oxygens (including phenoxy) is 2. The predicted molar refractivity (Wildman–Crippen MR) is 88.1 cm³/mol. The Hall–Kier alpha value is -2.35. The summed E-state index contributed by atoms with van der Waals surface area (Å²) >= 11 is 0. The third-order valence-corrected chi connectivity index (χ3v) is 3.83. The van der Waals surface area contributed by atoms with E-state index in [1.165, 1.54) is 0 Å². The molecule has 2 aromatic rings. The molecule has 1 atom stereocenters. The van der Waals surface area contributed by atoms with E-state index in [0.717, 1.165) is 30.9 Å². The maximum absolute atomic E-state index is 9.02. The lowest BCUT2D eigenvalue weighted by Gasteiger charge is -2.24. The van der Waals surface area contributed by atoms with Gasteiger partial charge in [-0.3, -0.25) is 4.90 Å². The van der Waals surface area contributed by atoms with Gasteiger partial charge in [0.05, 0.1) is 24.8 Å². The van der Waals surface area contributed by atoms with Crippen LogP contribution in [0.5, 0.6) is 5.75 Å². The fraction of sp³-hybridized carbons (Fsp3) is 0.316. The van der Waals surface area contributed by atoms with Crippen molar-refractivity contribution in [2.45, 2.75) is 12.6 Å². The summed E-state index contributed by atoms with van der Waals surface area (Å²) in [6.45, 7) is 3.78. The fourth-order valence-electron chi connectivity index (χ4n) is 2.74. The van der Waals surface area contributed by atoms with Gasteiger partial charge in [-0.05, 0) is 29.8 Å². The number of rotatable bonds is 4. The Morgan fingerprint density at radius 2 is 2.04 bits per heavy atom. The lowest BCUT2D eigenvalue weighted by Crippen LogP contribution is -2.35. The van der Waals surface area contributed by atoms with E-state index in [1.54, 1.807) is 0 Å². The van der Waals surface area contributed by atoms with Crippen LogP contribution in [0.25, 0.3) is 0 Å². The van der Waals surface area contributed by atoms with E-state index in [1.807, 2.05) is 48.5 Å². The average molecular weight is 308 g/mol. The smallest absolute Gasteiger partial charge is 0.135 e. The molecule has 0 amide bonds. The summed E-state index contributed by atoms with van der Waals surface area (Å²) in [5.74, 6) is 0.870. The van der Waals surface area contributed by atoms with E-state index in [9.17, 15) is 0 Å². The molecule has 1 saturated heterocycles. The Kier molecular flexibility index (Phi) is 5.25. The molecule has 1 aliphatic rings. The first-order valence-corrected chi connectivity index (χ1v) is 7.84. The zero-order chi connectivity index (χ0) is 15.9. The highest BCUT2D eigenvalue weighted by Gasteiger charge is 2.20. The van der Waals surface area contributed by atoms with Crippen molar-refractivity contribution >= 4 is 0 Å². The van der Waals surface area contributed by atoms with Crippen LogP contribution in [0.1, 0.15) is 11.1 Å². The minimum absolute atomic E-state index is 0.0130. The highest BCUT2D eigenvalue weighted by atomic mass is 16.5. The van der Waals surface area contributed by atoms with Crippen LogP contribution in [0.3, 0.4) is 0 Å². The number of nitrogens with zero attached hydrogens (tertiary/aromatic N) is 2. The molecular weight excluding hydrogens is 288 g/mol. The summed E-state index contributed by atoms with van der Waals surface area (Å²) in [6, 6.07) is 19.8. The van der Waals surface area contributed by atoms with Gasteiger partial charge in [-0.1, -0.05) is 30.3 Å². The Bertz CT molecular complexity index is 667. The molecule has 1 fully saturated rings. The van der Waals surface area contributed by atoms with Gasteiger partial charge in [0.25, 0.3) is 0 Å². The van der Waals surface area contributed by atoms with Crippen LogP contribution < -0.4 is 4.74 Å². The minimum Gasteiger partial charge on any atom is -0.487 e. The molecule has 1 aliphatic heterocycles. The van der Waals surface area contributed by atoms with E-state index in [4.69, 9.17) is 14.7 Å². The molecule has 0 N–H and O–H groups in total. The van der Waals surface area contributed by atoms with Gasteiger partial charge in [0, 0.05) is 19.6 Å². The van der Waals surface area contributed by atoms with Gasteiger partial charge in [-0.15, -0.1) is 0 Å². The van der Waals surface area contributed by atoms with Gasteiger partial charge >= 0.3 is 0 Å². The Balaban J connectivity index is 1.64. The molecule has 0 unspecified atom stereocenters. The molecule has 2 aromatic carbocycles. The molecule has 23 heavy (non-hydrogen) atoms. The number of nitriles is 1. The molecule has 0 aliphatic carbocycles. The molecule has 118 valence electrons. The van der Waals surface area contributed by atoms with E-state index >= 15 is 0 Å². The summed E-state index contributed by atoms with van der Waals surface area (Å²) < 4.78 is 11.7. The zero-order valence-electron chi connectivity index (χ0n) is 13.0. The van der Waals surface area contributed by atoms with Crippen LogP contribution in [-0.2, 0) is 11.3 Å². The molecule has 0 saturated carbocycles. The van der Waals surface area contributed by atoms with Gasteiger partial charge in [-0.2, -0.15) is 5.26 Å². The molecule has 0 spiro atoms. The van der Waals surface area contributed by atoms with Crippen molar-refractivity contribution in [2.24, 2.45) is 0 Å². The second-order valence-corrected chi connectivity index (χ2v) is 5.68. The summed E-state index contributed by atoms with van der Waals surface area (Å²) in [6.07, 6.45) is 0.0130. The number of hydrogen-bond donors (Lipinski definition) is 0. The van der Waals surface area contributed by atoms with Crippen LogP contribution in [0.15, 0.2) is 54.6 Å². The van der Waals surface area contributed by atoms with Gasteiger partial charge < -0.3 is 9.47 Å². The van der Waals surface area contributed by atoms with Crippen LogP contribution in [0, 0.1) is 11.3 Å². The molecule has 4 nitrogen and oxygen atoms in total. The van der Waals surface area contributed by atoms with Crippen LogP contribution in [0.2, 0.25) is 0 Å². The number of para-hydroxylation sites is 1. The average Bonchev–Trinajstić information content (AvgIpc) is 2.81. The van der Waals surface area contributed by atoms with Crippen molar-refractivity contribution < 1.29 is 9.47 Å². The fourth-order valence-corrected chi connectivity index (χ4v) is 2.74. The molecule has 3 rings (SSSR count). The largest absolute Gasteiger partial charge is 0.487 e. The maximum Gasteiger partial charge on any atom is 0.135 e. The first kappa shape index (κ1) is 15.5. The van der Waals surface area contributed by atoms with Crippen LogP contribution >= 0.6 is 0 Å². The lowest BCUT2D eigenvalue weighted by atomic mass is 10.1. The topological polar surface area (TPSA) is 45.5 Å². The van der Waals surface area contributed by atoms with Crippen molar-refractivity contribution in [3.05, 3.63) is 65.7 Å². The van der Waals surface area contributed by atoms with Crippen LogP contribution in [0.4, 0.5) is 0 Å². The van der Waals surface area contributed by atoms with E-state index in [2.05, 4.69) is 17.0 Å². The quantitative estimate of drug-likeness (QED) is 0.871. The van der Waals surface area contributed by atoms with Crippen molar-refractivity contribution in [1.82, 2.24) is 4.90 Å². The zero-order valence-corrected chi connectivity index (χ0v) is 13.0. The second kappa shape index (κ2) is 7.77.